The van der Waals surface area contributed by atoms with Crippen molar-refractivity contribution in [3.05, 3.63) is 53.6 Å². The van der Waals surface area contributed by atoms with Gasteiger partial charge in [-0.2, -0.15) is 5.10 Å². The van der Waals surface area contributed by atoms with Crippen molar-refractivity contribution in [1.82, 2.24) is 20.0 Å². The van der Waals surface area contributed by atoms with Gasteiger partial charge in [-0.25, -0.2) is 4.39 Å². The smallest absolute Gasteiger partial charge is 0.193 e. The molecule has 0 spiro atoms. The van der Waals surface area contributed by atoms with Gasteiger partial charge in [0.25, 0.3) is 0 Å². The maximum absolute atomic E-state index is 13.2. The molecule has 1 aromatic heterocycles. The van der Waals surface area contributed by atoms with Crippen molar-refractivity contribution < 1.29 is 4.39 Å². The number of hydrogen-bond acceptors (Lipinski definition) is 2. The zero-order valence-electron chi connectivity index (χ0n) is 15.9. The van der Waals surface area contributed by atoms with Gasteiger partial charge in [-0.1, -0.05) is 12.1 Å². The van der Waals surface area contributed by atoms with Crippen molar-refractivity contribution in [2.45, 2.75) is 30.6 Å². The van der Waals surface area contributed by atoms with E-state index in [4.69, 9.17) is 0 Å². The standard InChI is InChI=1S/C20H26FN5.HI/c1-22-19(26-10-7-15(13-26)16-11-24-25(2)12-16)23-14-20(8-9-20)17-3-5-18(21)6-4-17;/h3-6,11-12,15H,7-10,13-14H2,1-2H3,(H,22,23);1H. The molecule has 1 aromatic carbocycles. The van der Waals surface area contributed by atoms with E-state index in [0.717, 1.165) is 44.9 Å². The maximum Gasteiger partial charge on any atom is 0.193 e. The quantitative estimate of drug-likeness (QED) is 0.413. The summed E-state index contributed by atoms with van der Waals surface area (Å²) >= 11 is 0. The molecule has 1 atom stereocenters. The maximum atomic E-state index is 13.2. The third kappa shape index (κ3) is 4.28. The molecule has 0 bridgehead atoms. The summed E-state index contributed by atoms with van der Waals surface area (Å²) in [5, 5.41) is 7.86. The van der Waals surface area contributed by atoms with Gasteiger partial charge in [0.2, 0.25) is 0 Å². The molecule has 2 heterocycles. The first kappa shape index (κ1) is 20.1. The fourth-order valence-corrected chi connectivity index (χ4v) is 3.98. The first-order valence-corrected chi connectivity index (χ1v) is 9.30. The Bertz CT molecular complexity index is 797. The monoisotopic (exact) mass is 483 g/mol. The highest BCUT2D eigenvalue weighted by Gasteiger charge is 2.44. The lowest BCUT2D eigenvalue weighted by atomic mass is 9.96. The summed E-state index contributed by atoms with van der Waals surface area (Å²) in [7, 11) is 3.80. The molecule has 146 valence electrons. The number of nitrogens with zero attached hydrogens (tertiary/aromatic N) is 4. The van der Waals surface area contributed by atoms with Crippen molar-refractivity contribution in [3.8, 4) is 0 Å². The highest BCUT2D eigenvalue weighted by Crippen LogP contribution is 2.47. The summed E-state index contributed by atoms with van der Waals surface area (Å²) in [6.45, 7) is 2.82. The average molecular weight is 483 g/mol. The van der Waals surface area contributed by atoms with Gasteiger partial charge in [0, 0.05) is 51.3 Å². The van der Waals surface area contributed by atoms with Gasteiger partial charge in [-0.05, 0) is 42.5 Å². The molecule has 2 aromatic rings. The van der Waals surface area contributed by atoms with Crippen LogP contribution in [-0.2, 0) is 12.5 Å². The van der Waals surface area contributed by atoms with Gasteiger partial charge >= 0.3 is 0 Å². The van der Waals surface area contributed by atoms with E-state index in [1.54, 1.807) is 12.1 Å². The molecular weight excluding hydrogens is 456 g/mol. The topological polar surface area (TPSA) is 45.5 Å². The van der Waals surface area contributed by atoms with Gasteiger partial charge in [0.05, 0.1) is 6.20 Å². The number of benzene rings is 1. The first-order chi connectivity index (χ1) is 12.6. The Labute approximate surface area is 177 Å². The lowest BCUT2D eigenvalue weighted by Crippen LogP contribution is -2.43. The van der Waals surface area contributed by atoms with Crippen LogP contribution in [0.2, 0.25) is 0 Å². The van der Waals surface area contributed by atoms with Crippen LogP contribution in [0.5, 0.6) is 0 Å². The van der Waals surface area contributed by atoms with E-state index >= 15 is 0 Å². The second-order valence-electron chi connectivity index (χ2n) is 7.57. The third-order valence-electron chi connectivity index (χ3n) is 5.79. The lowest BCUT2D eigenvalue weighted by molar-refractivity contribution is 0.478. The number of likely N-dealkylation sites (tertiary alicyclic amines) is 1. The Morgan fingerprint density at radius 2 is 2.07 bits per heavy atom. The Balaban J connectivity index is 0.00000210. The zero-order chi connectivity index (χ0) is 18.1. The number of aryl methyl sites for hydroxylation is 1. The van der Waals surface area contributed by atoms with Gasteiger partial charge in [-0.3, -0.25) is 9.67 Å². The number of aliphatic imine (C=N–C) groups is 1. The Kier molecular flexibility index (Phi) is 6.08. The van der Waals surface area contributed by atoms with Crippen LogP contribution >= 0.6 is 24.0 Å². The van der Waals surface area contributed by atoms with E-state index in [2.05, 4.69) is 26.5 Å². The van der Waals surface area contributed by atoms with Crippen LogP contribution in [0.15, 0.2) is 41.7 Å². The molecule has 1 unspecified atom stereocenters. The number of nitrogens with one attached hydrogen (secondary N) is 1. The minimum atomic E-state index is -0.174. The Hall–Kier alpha value is -1.64. The number of rotatable bonds is 4. The summed E-state index contributed by atoms with van der Waals surface area (Å²) in [5.74, 6) is 1.30. The molecule has 0 radical (unpaired) electrons. The second-order valence-corrected chi connectivity index (χ2v) is 7.57. The van der Waals surface area contributed by atoms with Gasteiger partial charge in [0.1, 0.15) is 5.82 Å². The minimum Gasteiger partial charge on any atom is -0.355 e. The summed E-state index contributed by atoms with van der Waals surface area (Å²) in [4.78, 5) is 6.82. The van der Waals surface area contributed by atoms with Gasteiger partial charge < -0.3 is 10.2 Å². The molecule has 2 fully saturated rings. The highest BCUT2D eigenvalue weighted by molar-refractivity contribution is 14.0. The molecule has 0 amide bonds. The largest absolute Gasteiger partial charge is 0.355 e. The predicted octanol–water partition coefficient (Wildman–Crippen LogP) is 3.27. The van der Waals surface area contributed by atoms with Crippen molar-refractivity contribution in [2.24, 2.45) is 12.0 Å². The molecule has 4 rings (SSSR count). The summed E-state index contributed by atoms with van der Waals surface area (Å²) in [5.41, 5.74) is 2.65. The molecule has 2 aliphatic rings. The van der Waals surface area contributed by atoms with Crippen molar-refractivity contribution >= 4 is 29.9 Å². The number of hydrogen-bond donors (Lipinski definition) is 1. The summed E-state index contributed by atoms with van der Waals surface area (Å²) in [6.07, 6.45) is 7.48. The molecule has 5 nitrogen and oxygen atoms in total. The Morgan fingerprint density at radius 1 is 1.33 bits per heavy atom. The van der Waals surface area contributed by atoms with Crippen LogP contribution in [0.1, 0.15) is 36.3 Å². The van der Waals surface area contributed by atoms with Crippen molar-refractivity contribution in [3.63, 3.8) is 0 Å². The number of guanidine groups is 1. The predicted molar refractivity (Wildman–Crippen MR) is 116 cm³/mol. The fraction of sp³-hybridized carbons (Fsp3) is 0.500. The number of halogens is 2. The molecule has 1 aliphatic heterocycles. The molecule has 1 saturated carbocycles. The first-order valence-electron chi connectivity index (χ1n) is 9.30. The second kappa shape index (κ2) is 8.16. The molecule has 27 heavy (non-hydrogen) atoms. The van der Waals surface area contributed by atoms with E-state index in [9.17, 15) is 4.39 Å². The van der Waals surface area contributed by atoms with Crippen LogP contribution in [0.4, 0.5) is 4.39 Å². The van der Waals surface area contributed by atoms with Crippen LogP contribution in [0.25, 0.3) is 0 Å². The highest BCUT2D eigenvalue weighted by atomic mass is 127. The third-order valence-corrected chi connectivity index (χ3v) is 5.79. The van der Waals surface area contributed by atoms with E-state index in [1.807, 2.05) is 37.1 Å². The fourth-order valence-electron chi connectivity index (χ4n) is 3.98. The van der Waals surface area contributed by atoms with Crippen molar-refractivity contribution in [2.75, 3.05) is 26.7 Å². The molecule has 1 N–H and O–H groups in total. The molecular formula is C20H27FIN5. The van der Waals surface area contributed by atoms with E-state index in [-0.39, 0.29) is 35.2 Å². The van der Waals surface area contributed by atoms with Gasteiger partial charge in [-0.15, -0.1) is 24.0 Å². The normalized spacial score (nSPS) is 21.1. The van der Waals surface area contributed by atoms with Crippen molar-refractivity contribution in [1.29, 1.82) is 0 Å². The van der Waals surface area contributed by atoms with Crippen LogP contribution < -0.4 is 5.32 Å². The van der Waals surface area contributed by atoms with Crippen LogP contribution in [-0.4, -0.2) is 47.3 Å². The summed E-state index contributed by atoms with van der Waals surface area (Å²) < 4.78 is 15.1. The van der Waals surface area contributed by atoms with E-state index in [0.29, 0.717) is 5.92 Å². The lowest BCUT2D eigenvalue weighted by Gasteiger charge is -2.24. The Morgan fingerprint density at radius 3 is 2.67 bits per heavy atom. The van der Waals surface area contributed by atoms with Crippen LogP contribution in [0.3, 0.4) is 0 Å². The zero-order valence-corrected chi connectivity index (χ0v) is 18.2. The summed E-state index contributed by atoms with van der Waals surface area (Å²) in [6, 6.07) is 6.95. The SMILES string of the molecule is CN=C(NCC1(c2ccc(F)cc2)CC1)N1CCC(c2cnn(C)c2)C1.I. The molecule has 7 heteroatoms. The van der Waals surface area contributed by atoms with Crippen LogP contribution in [0, 0.1) is 5.82 Å². The average Bonchev–Trinajstić information content (AvgIpc) is 3.05. The van der Waals surface area contributed by atoms with Gasteiger partial charge in [0.15, 0.2) is 5.96 Å². The minimum absolute atomic E-state index is 0. The molecule has 1 saturated heterocycles. The molecule has 1 aliphatic carbocycles. The van der Waals surface area contributed by atoms with E-state index in [1.165, 1.54) is 11.1 Å². The number of aromatic nitrogens is 2. The van der Waals surface area contributed by atoms with E-state index < -0.39 is 0 Å².